The normalized spacial score (nSPS) is 10.7. The number of hydrogen-bond acceptors (Lipinski definition) is 3. The number of anilines is 1. The van der Waals surface area contributed by atoms with E-state index in [0.717, 1.165) is 4.47 Å². The average Bonchev–Trinajstić information content (AvgIpc) is 2.54. The summed E-state index contributed by atoms with van der Waals surface area (Å²) in [7, 11) is 1.61. The summed E-state index contributed by atoms with van der Waals surface area (Å²) >= 11 is 8.44. The third kappa shape index (κ3) is 3.11. The number of nitrogens with zero attached hydrogens (tertiary/aromatic N) is 1. The van der Waals surface area contributed by atoms with Crippen LogP contribution in [-0.2, 0) is 7.05 Å². The van der Waals surface area contributed by atoms with E-state index in [0.29, 0.717) is 26.9 Å². The van der Waals surface area contributed by atoms with Crippen LogP contribution in [0.5, 0.6) is 0 Å². The fourth-order valence-corrected chi connectivity index (χ4v) is 2.64. The van der Waals surface area contributed by atoms with Crippen molar-refractivity contribution in [2.75, 3.05) is 5.32 Å². The first-order valence-corrected chi connectivity index (χ1v) is 7.96. The lowest BCUT2D eigenvalue weighted by atomic mass is 10.1. The Morgan fingerprint density at radius 2 is 1.91 bits per heavy atom. The van der Waals surface area contributed by atoms with Crippen molar-refractivity contribution in [2.45, 2.75) is 0 Å². The Balaban J connectivity index is 1.98. The van der Waals surface area contributed by atoms with Gasteiger partial charge in [0.15, 0.2) is 4.77 Å². The second-order valence-corrected chi connectivity index (χ2v) is 6.32. The van der Waals surface area contributed by atoms with Gasteiger partial charge in [-0.25, -0.2) is 0 Å². The molecule has 0 saturated carbocycles. The molecule has 5 nitrogen and oxygen atoms in total. The van der Waals surface area contributed by atoms with Crippen LogP contribution in [-0.4, -0.2) is 15.5 Å². The smallest absolute Gasteiger partial charge is 0.261 e. The molecular formula is C16H12BrN3O2S. The molecule has 0 aliphatic heterocycles. The first-order valence-electron chi connectivity index (χ1n) is 6.76. The lowest BCUT2D eigenvalue weighted by Gasteiger charge is -2.07. The number of amides is 1. The molecule has 2 N–H and O–H groups in total. The van der Waals surface area contributed by atoms with E-state index in [4.69, 9.17) is 12.2 Å². The number of aromatic amines is 1. The van der Waals surface area contributed by atoms with Crippen molar-refractivity contribution in [3.05, 3.63) is 67.6 Å². The number of H-pyrrole nitrogens is 1. The molecule has 0 bridgehead atoms. The van der Waals surface area contributed by atoms with Crippen molar-refractivity contribution in [3.8, 4) is 0 Å². The second kappa shape index (κ2) is 6.10. The lowest BCUT2D eigenvalue weighted by Crippen LogP contribution is -2.19. The summed E-state index contributed by atoms with van der Waals surface area (Å²) in [4.78, 5) is 27.4. The highest BCUT2D eigenvalue weighted by atomic mass is 79.9. The number of carbonyl (C=O) groups is 1. The number of carbonyl (C=O) groups excluding carboxylic acids is 1. The zero-order chi connectivity index (χ0) is 16.6. The maximum atomic E-state index is 12.3. The zero-order valence-corrected chi connectivity index (χ0v) is 14.5. The van der Waals surface area contributed by atoms with E-state index >= 15 is 0 Å². The highest BCUT2D eigenvalue weighted by Gasteiger charge is 2.09. The van der Waals surface area contributed by atoms with Gasteiger partial charge in [0.05, 0.1) is 10.9 Å². The monoisotopic (exact) mass is 389 g/mol. The minimum atomic E-state index is -0.255. The lowest BCUT2D eigenvalue weighted by molar-refractivity contribution is 0.102. The predicted molar refractivity (Wildman–Crippen MR) is 96.5 cm³/mol. The molecule has 3 rings (SSSR count). The summed E-state index contributed by atoms with van der Waals surface area (Å²) in [5.41, 5.74) is 1.49. The van der Waals surface area contributed by atoms with Gasteiger partial charge in [-0.05, 0) is 54.7 Å². The maximum absolute atomic E-state index is 12.3. The first kappa shape index (κ1) is 15.6. The Bertz CT molecular complexity index is 1020. The van der Waals surface area contributed by atoms with Gasteiger partial charge in [-0.3, -0.25) is 14.2 Å². The standard InChI is InChI=1S/C16H12BrN3O2S/c1-20-15(22)12-7-2-9(8-13(12)19-16(20)23)14(21)18-11-5-3-10(17)4-6-11/h2-8H,1H3,(H,18,21)(H,19,23). The van der Waals surface area contributed by atoms with Gasteiger partial charge in [-0.2, -0.15) is 0 Å². The highest BCUT2D eigenvalue weighted by molar-refractivity contribution is 9.10. The van der Waals surface area contributed by atoms with Gasteiger partial charge in [-0.1, -0.05) is 15.9 Å². The van der Waals surface area contributed by atoms with Crippen molar-refractivity contribution in [3.63, 3.8) is 0 Å². The highest BCUT2D eigenvalue weighted by Crippen LogP contribution is 2.16. The molecular weight excluding hydrogens is 378 g/mol. The molecule has 0 radical (unpaired) electrons. The predicted octanol–water partition coefficient (Wildman–Crippen LogP) is 3.61. The molecule has 1 amide bonds. The van der Waals surface area contributed by atoms with E-state index in [1.165, 1.54) is 4.57 Å². The van der Waals surface area contributed by atoms with E-state index in [9.17, 15) is 9.59 Å². The van der Waals surface area contributed by atoms with Crippen molar-refractivity contribution in [2.24, 2.45) is 7.05 Å². The Morgan fingerprint density at radius 3 is 2.61 bits per heavy atom. The zero-order valence-electron chi connectivity index (χ0n) is 12.1. The molecule has 1 heterocycles. The van der Waals surface area contributed by atoms with Crippen LogP contribution < -0.4 is 10.9 Å². The van der Waals surface area contributed by atoms with Crippen molar-refractivity contribution in [1.82, 2.24) is 9.55 Å². The van der Waals surface area contributed by atoms with Gasteiger partial charge < -0.3 is 10.3 Å². The summed E-state index contributed by atoms with van der Waals surface area (Å²) in [6.07, 6.45) is 0. The van der Waals surface area contributed by atoms with E-state index < -0.39 is 0 Å². The van der Waals surface area contributed by atoms with Crippen LogP contribution in [0.15, 0.2) is 51.7 Å². The summed E-state index contributed by atoms with van der Waals surface area (Å²) in [5, 5.41) is 3.30. The Kier molecular flexibility index (Phi) is 4.14. The van der Waals surface area contributed by atoms with E-state index in [-0.39, 0.29) is 11.5 Å². The molecule has 116 valence electrons. The van der Waals surface area contributed by atoms with Gasteiger partial charge in [0.25, 0.3) is 11.5 Å². The van der Waals surface area contributed by atoms with Crippen molar-refractivity contribution >= 4 is 50.6 Å². The summed E-state index contributed by atoms with van der Waals surface area (Å²) in [6.45, 7) is 0. The minimum absolute atomic E-state index is 0.191. The van der Waals surface area contributed by atoms with E-state index in [1.54, 1.807) is 37.4 Å². The molecule has 0 aliphatic carbocycles. The van der Waals surface area contributed by atoms with Crippen molar-refractivity contribution in [1.29, 1.82) is 0 Å². The molecule has 23 heavy (non-hydrogen) atoms. The molecule has 0 atom stereocenters. The van der Waals surface area contributed by atoms with Gasteiger partial charge in [-0.15, -0.1) is 0 Å². The maximum Gasteiger partial charge on any atom is 0.261 e. The third-order valence-corrected chi connectivity index (χ3v) is 4.37. The summed E-state index contributed by atoms with van der Waals surface area (Å²) < 4.78 is 2.61. The van der Waals surface area contributed by atoms with Crippen LogP contribution >= 0.6 is 28.1 Å². The van der Waals surface area contributed by atoms with Crippen LogP contribution in [0.2, 0.25) is 0 Å². The Labute approximate surface area is 145 Å². The van der Waals surface area contributed by atoms with Crippen LogP contribution in [0.4, 0.5) is 5.69 Å². The van der Waals surface area contributed by atoms with E-state index in [1.807, 2.05) is 12.1 Å². The van der Waals surface area contributed by atoms with Crippen molar-refractivity contribution < 1.29 is 4.79 Å². The number of aromatic nitrogens is 2. The fourth-order valence-electron chi connectivity index (χ4n) is 2.18. The number of nitrogens with one attached hydrogen (secondary N) is 2. The average molecular weight is 390 g/mol. The number of halogens is 1. The van der Waals surface area contributed by atoms with Crippen LogP contribution in [0.1, 0.15) is 10.4 Å². The fraction of sp³-hybridized carbons (Fsp3) is 0.0625. The number of hydrogen-bond donors (Lipinski definition) is 2. The number of rotatable bonds is 2. The molecule has 0 spiro atoms. The first-order chi connectivity index (χ1) is 11.0. The molecule has 0 aliphatic rings. The second-order valence-electron chi connectivity index (χ2n) is 5.02. The van der Waals surface area contributed by atoms with E-state index in [2.05, 4.69) is 26.2 Å². The number of benzene rings is 2. The topological polar surface area (TPSA) is 66.9 Å². The van der Waals surface area contributed by atoms with Crippen LogP contribution in [0, 0.1) is 4.77 Å². The van der Waals surface area contributed by atoms with Crippen LogP contribution in [0.3, 0.4) is 0 Å². The molecule has 0 unspecified atom stereocenters. The Morgan fingerprint density at radius 1 is 1.22 bits per heavy atom. The SMILES string of the molecule is Cn1c(=S)[nH]c2cc(C(=O)Nc3ccc(Br)cc3)ccc2c1=O. The largest absolute Gasteiger partial charge is 0.332 e. The number of fused-ring (bicyclic) bond motifs is 1. The summed E-state index contributed by atoms with van der Waals surface area (Å²) in [5.74, 6) is -0.255. The molecule has 0 fully saturated rings. The van der Waals surface area contributed by atoms with Gasteiger partial charge in [0.1, 0.15) is 0 Å². The van der Waals surface area contributed by atoms with Crippen LogP contribution in [0.25, 0.3) is 10.9 Å². The summed E-state index contributed by atoms with van der Waals surface area (Å²) in [6, 6.07) is 12.2. The molecule has 3 aromatic rings. The van der Waals surface area contributed by atoms with Gasteiger partial charge >= 0.3 is 0 Å². The molecule has 2 aromatic carbocycles. The quantitative estimate of drug-likeness (QED) is 0.657. The minimum Gasteiger partial charge on any atom is -0.332 e. The molecule has 0 saturated heterocycles. The Hall–Kier alpha value is -2.25. The molecule has 1 aromatic heterocycles. The van der Waals surface area contributed by atoms with Gasteiger partial charge in [0.2, 0.25) is 0 Å². The van der Waals surface area contributed by atoms with Gasteiger partial charge in [0, 0.05) is 22.8 Å². The molecule has 7 heteroatoms. The third-order valence-electron chi connectivity index (χ3n) is 3.47.